The summed E-state index contributed by atoms with van der Waals surface area (Å²) in [7, 11) is 0. The third-order valence-electron chi connectivity index (χ3n) is 5.35. The maximum Gasteiger partial charge on any atom is 0.261 e. The SMILES string of the molecule is O=C(COc1ccc(Cl)cc1)N1CCN(Cc2ccc(F)cc2)CC12CC2. The molecule has 0 N–H and O–H groups in total. The van der Waals surface area contributed by atoms with Crippen LogP contribution in [0.4, 0.5) is 4.39 Å². The average Bonchev–Trinajstić information content (AvgIpc) is 3.42. The molecule has 0 unspecified atom stereocenters. The third-order valence-corrected chi connectivity index (χ3v) is 5.61. The Morgan fingerprint density at radius 1 is 1.07 bits per heavy atom. The fraction of sp³-hybridized carbons (Fsp3) is 0.381. The molecule has 0 atom stereocenters. The molecule has 1 aliphatic heterocycles. The summed E-state index contributed by atoms with van der Waals surface area (Å²) >= 11 is 5.87. The number of nitrogens with zero attached hydrogens (tertiary/aromatic N) is 2. The van der Waals surface area contributed by atoms with E-state index in [4.69, 9.17) is 16.3 Å². The molecular formula is C21H22ClFN2O2. The molecule has 4 nitrogen and oxygen atoms in total. The summed E-state index contributed by atoms with van der Waals surface area (Å²) < 4.78 is 18.7. The number of carbonyl (C=O) groups is 1. The Kier molecular flexibility index (Phi) is 5.06. The Hall–Kier alpha value is -2.11. The van der Waals surface area contributed by atoms with E-state index >= 15 is 0 Å². The largest absolute Gasteiger partial charge is 0.484 e. The molecule has 0 bridgehead atoms. The highest BCUT2D eigenvalue weighted by molar-refractivity contribution is 6.30. The van der Waals surface area contributed by atoms with Crippen molar-refractivity contribution in [1.29, 1.82) is 0 Å². The average molecular weight is 389 g/mol. The van der Waals surface area contributed by atoms with Gasteiger partial charge in [-0.05, 0) is 54.8 Å². The lowest BCUT2D eigenvalue weighted by Gasteiger charge is -2.42. The molecule has 1 aliphatic carbocycles. The van der Waals surface area contributed by atoms with Crippen LogP contribution in [-0.4, -0.2) is 47.5 Å². The van der Waals surface area contributed by atoms with Gasteiger partial charge in [0.1, 0.15) is 11.6 Å². The van der Waals surface area contributed by atoms with E-state index in [1.165, 1.54) is 12.1 Å². The molecule has 1 saturated carbocycles. The summed E-state index contributed by atoms with van der Waals surface area (Å²) in [5.41, 5.74) is 1.04. The van der Waals surface area contributed by atoms with Crippen molar-refractivity contribution in [3.05, 3.63) is 64.9 Å². The molecule has 27 heavy (non-hydrogen) atoms. The van der Waals surface area contributed by atoms with E-state index in [-0.39, 0.29) is 23.9 Å². The molecule has 2 aromatic carbocycles. The van der Waals surface area contributed by atoms with Crippen LogP contribution in [0.2, 0.25) is 5.02 Å². The summed E-state index contributed by atoms with van der Waals surface area (Å²) in [5.74, 6) is 0.463. The van der Waals surface area contributed by atoms with E-state index in [0.717, 1.165) is 38.0 Å². The highest BCUT2D eigenvalue weighted by Gasteiger charge is 2.52. The van der Waals surface area contributed by atoms with Gasteiger partial charge in [-0.2, -0.15) is 0 Å². The summed E-state index contributed by atoms with van der Waals surface area (Å²) in [6.45, 7) is 3.19. The molecule has 0 aromatic heterocycles. The van der Waals surface area contributed by atoms with E-state index in [1.807, 2.05) is 17.0 Å². The van der Waals surface area contributed by atoms with Crippen molar-refractivity contribution in [3.8, 4) is 5.75 Å². The van der Waals surface area contributed by atoms with Crippen molar-refractivity contribution in [2.45, 2.75) is 24.9 Å². The molecule has 1 spiro atoms. The second-order valence-corrected chi connectivity index (χ2v) is 7.79. The molecule has 2 aliphatic rings. The first-order chi connectivity index (χ1) is 13.0. The number of ether oxygens (including phenoxy) is 1. The summed E-state index contributed by atoms with van der Waals surface area (Å²) in [6, 6.07) is 13.7. The number of hydrogen-bond acceptors (Lipinski definition) is 3. The fourth-order valence-corrected chi connectivity index (χ4v) is 3.88. The summed E-state index contributed by atoms with van der Waals surface area (Å²) in [6.07, 6.45) is 2.05. The van der Waals surface area contributed by atoms with Gasteiger partial charge in [-0.3, -0.25) is 9.69 Å². The minimum Gasteiger partial charge on any atom is -0.484 e. The van der Waals surface area contributed by atoms with Gasteiger partial charge in [0, 0.05) is 31.2 Å². The smallest absolute Gasteiger partial charge is 0.261 e. The number of hydrogen-bond donors (Lipinski definition) is 0. The van der Waals surface area contributed by atoms with Gasteiger partial charge in [-0.1, -0.05) is 23.7 Å². The minimum absolute atomic E-state index is 0.0314. The van der Waals surface area contributed by atoms with Crippen molar-refractivity contribution in [2.24, 2.45) is 0 Å². The van der Waals surface area contributed by atoms with Gasteiger partial charge in [-0.25, -0.2) is 4.39 Å². The summed E-state index contributed by atoms with van der Waals surface area (Å²) in [5, 5.41) is 0.642. The molecule has 0 radical (unpaired) electrons. The highest BCUT2D eigenvalue weighted by atomic mass is 35.5. The molecule has 2 aromatic rings. The van der Waals surface area contributed by atoms with E-state index in [0.29, 0.717) is 17.3 Å². The molecular weight excluding hydrogens is 367 g/mol. The van der Waals surface area contributed by atoms with Gasteiger partial charge in [0.2, 0.25) is 0 Å². The van der Waals surface area contributed by atoms with Crippen molar-refractivity contribution < 1.29 is 13.9 Å². The lowest BCUT2D eigenvalue weighted by molar-refractivity contribution is -0.139. The lowest BCUT2D eigenvalue weighted by Crippen LogP contribution is -2.57. The Morgan fingerprint density at radius 2 is 1.78 bits per heavy atom. The van der Waals surface area contributed by atoms with Crippen molar-refractivity contribution in [3.63, 3.8) is 0 Å². The maximum atomic E-state index is 13.1. The standard InChI is InChI=1S/C21H22ClFN2O2/c22-17-3-7-19(8-4-17)27-14-20(26)25-12-11-24(15-21(25)9-10-21)13-16-1-5-18(23)6-2-16/h1-8H,9-15H2. The molecule has 142 valence electrons. The van der Waals surface area contributed by atoms with Gasteiger partial charge in [-0.15, -0.1) is 0 Å². The monoisotopic (exact) mass is 388 g/mol. The van der Waals surface area contributed by atoms with Gasteiger partial charge in [0.05, 0.1) is 5.54 Å². The zero-order valence-electron chi connectivity index (χ0n) is 15.0. The first kappa shape index (κ1) is 18.3. The van der Waals surface area contributed by atoms with Gasteiger partial charge in [0.25, 0.3) is 5.91 Å². The van der Waals surface area contributed by atoms with Crippen LogP contribution in [0, 0.1) is 5.82 Å². The van der Waals surface area contributed by atoms with Crippen LogP contribution < -0.4 is 4.74 Å². The fourth-order valence-electron chi connectivity index (χ4n) is 3.76. The van der Waals surface area contributed by atoms with E-state index in [2.05, 4.69) is 4.90 Å². The molecule has 2 fully saturated rings. The normalized spacial score (nSPS) is 18.5. The zero-order valence-corrected chi connectivity index (χ0v) is 15.8. The van der Waals surface area contributed by atoms with Crippen LogP contribution in [0.1, 0.15) is 18.4 Å². The second-order valence-electron chi connectivity index (χ2n) is 7.35. The van der Waals surface area contributed by atoms with Gasteiger partial charge in [0.15, 0.2) is 6.61 Å². The number of rotatable bonds is 5. The molecule has 1 saturated heterocycles. The van der Waals surface area contributed by atoms with Gasteiger partial charge >= 0.3 is 0 Å². The Morgan fingerprint density at radius 3 is 2.44 bits per heavy atom. The van der Waals surface area contributed by atoms with E-state index in [9.17, 15) is 9.18 Å². The van der Waals surface area contributed by atoms with Crippen LogP contribution in [-0.2, 0) is 11.3 Å². The Labute approximate surface area is 163 Å². The van der Waals surface area contributed by atoms with Crippen LogP contribution >= 0.6 is 11.6 Å². The number of carbonyl (C=O) groups excluding carboxylic acids is 1. The predicted octanol–water partition coefficient (Wildman–Crippen LogP) is 3.73. The van der Waals surface area contributed by atoms with Crippen LogP contribution in [0.15, 0.2) is 48.5 Å². The van der Waals surface area contributed by atoms with Crippen molar-refractivity contribution in [2.75, 3.05) is 26.2 Å². The summed E-state index contributed by atoms with van der Waals surface area (Å²) in [4.78, 5) is 17.1. The minimum atomic E-state index is -0.214. The van der Waals surface area contributed by atoms with Crippen molar-refractivity contribution in [1.82, 2.24) is 9.80 Å². The van der Waals surface area contributed by atoms with E-state index in [1.54, 1.807) is 24.3 Å². The maximum absolute atomic E-state index is 13.1. The van der Waals surface area contributed by atoms with E-state index < -0.39 is 0 Å². The first-order valence-electron chi connectivity index (χ1n) is 9.20. The Bertz CT molecular complexity index is 806. The third kappa shape index (κ3) is 4.25. The molecule has 6 heteroatoms. The lowest BCUT2D eigenvalue weighted by atomic mass is 10.1. The molecule has 4 rings (SSSR count). The zero-order chi connectivity index (χ0) is 18.9. The molecule has 1 amide bonds. The second kappa shape index (κ2) is 7.49. The predicted molar refractivity (Wildman–Crippen MR) is 102 cm³/mol. The molecule has 1 heterocycles. The van der Waals surface area contributed by atoms with Crippen LogP contribution in [0.5, 0.6) is 5.75 Å². The number of benzene rings is 2. The first-order valence-corrected chi connectivity index (χ1v) is 9.58. The van der Waals surface area contributed by atoms with Crippen molar-refractivity contribution >= 4 is 17.5 Å². The number of amides is 1. The highest BCUT2D eigenvalue weighted by Crippen LogP contribution is 2.44. The Balaban J connectivity index is 1.33. The quantitative estimate of drug-likeness (QED) is 0.782. The van der Waals surface area contributed by atoms with Gasteiger partial charge < -0.3 is 9.64 Å². The topological polar surface area (TPSA) is 32.8 Å². The van der Waals surface area contributed by atoms with Crippen LogP contribution in [0.3, 0.4) is 0 Å². The van der Waals surface area contributed by atoms with Crippen LogP contribution in [0.25, 0.3) is 0 Å². The number of piperazine rings is 1. The number of halogens is 2.